The Morgan fingerprint density at radius 1 is 0.955 bits per heavy atom. The molecule has 0 radical (unpaired) electrons. The minimum Gasteiger partial charge on any atom is -0.0810 e. The van der Waals surface area contributed by atoms with E-state index in [1.165, 1.54) is 46.2 Å². The van der Waals surface area contributed by atoms with Gasteiger partial charge in [0, 0.05) is 5.41 Å². The van der Waals surface area contributed by atoms with Crippen LogP contribution in [0.2, 0.25) is 0 Å². The van der Waals surface area contributed by atoms with E-state index in [1.807, 2.05) is 0 Å². The van der Waals surface area contributed by atoms with E-state index in [0.29, 0.717) is 0 Å². The van der Waals surface area contributed by atoms with Crippen LogP contribution in [0.4, 0.5) is 0 Å². The maximum atomic E-state index is 2.44. The minimum atomic E-state index is 0.103. The second kappa shape index (κ2) is 5.76. The second-order valence-electron chi connectivity index (χ2n) is 6.82. The molecule has 0 bridgehead atoms. The average Bonchev–Trinajstić information content (AvgIpc) is 2.76. The van der Waals surface area contributed by atoms with Gasteiger partial charge in [0.15, 0.2) is 0 Å². The van der Waals surface area contributed by atoms with Crippen molar-refractivity contribution in [2.24, 2.45) is 0 Å². The highest BCUT2D eigenvalue weighted by molar-refractivity contribution is 5.82. The van der Waals surface area contributed by atoms with Crippen LogP contribution in [-0.4, -0.2) is 0 Å². The molecule has 0 fully saturated rings. The van der Waals surface area contributed by atoms with Crippen LogP contribution in [0, 0.1) is 0 Å². The average molecular weight is 290 g/mol. The number of hydrogen-bond acceptors (Lipinski definition) is 0. The first kappa shape index (κ1) is 15.1. The Kier molecular flexibility index (Phi) is 3.95. The van der Waals surface area contributed by atoms with Gasteiger partial charge in [0.05, 0.1) is 0 Å². The summed E-state index contributed by atoms with van der Waals surface area (Å²) in [5.74, 6) is 0. The van der Waals surface area contributed by atoms with Crippen LogP contribution in [0.25, 0.3) is 16.7 Å². The van der Waals surface area contributed by atoms with E-state index >= 15 is 0 Å². The highest BCUT2D eigenvalue weighted by atomic mass is 14.4. The summed E-state index contributed by atoms with van der Waals surface area (Å²) in [6.07, 6.45) is 5.86. The molecule has 0 aliphatic heterocycles. The molecular formula is C22H26. The van der Waals surface area contributed by atoms with Crippen molar-refractivity contribution in [1.82, 2.24) is 0 Å². The largest absolute Gasteiger partial charge is 0.0810 e. The topological polar surface area (TPSA) is 0 Å². The zero-order valence-corrected chi connectivity index (χ0v) is 14.2. The summed E-state index contributed by atoms with van der Waals surface area (Å²) in [5.41, 5.74) is 8.76. The van der Waals surface area contributed by atoms with Crippen molar-refractivity contribution in [2.75, 3.05) is 0 Å². The molecule has 0 N–H and O–H groups in total. The maximum Gasteiger partial charge on any atom is 0.0159 e. The Bertz CT molecular complexity index is 717. The normalized spacial score (nSPS) is 15.5. The fourth-order valence-corrected chi connectivity index (χ4v) is 3.78. The molecule has 1 aliphatic rings. The number of rotatable bonds is 4. The van der Waals surface area contributed by atoms with E-state index in [9.17, 15) is 0 Å². The smallest absolute Gasteiger partial charge is 0.0159 e. The second-order valence-corrected chi connectivity index (χ2v) is 6.82. The molecule has 0 heteroatoms. The number of hydrogen-bond donors (Lipinski definition) is 0. The molecule has 114 valence electrons. The lowest BCUT2D eigenvalue weighted by Gasteiger charge is -2.22. The molecule has 0 amide bonds. The van der Waals surface area contributed by atoms with Gasteiger partial charge in [0.25, 0.3) is 0 Å². The summed E-state index contributed by atoms with van der Waals surface area (Å²) in [5, 5.41) is 0. The SMILES string of the molecule is CC/C=C(\CCC)c1ccc2c(c1)C(C)(C)c1ccccc1-2. The van der Waals surface area contributed by atoms with E-state index in [1.54, 1.807) is 0 Å². The van der Waals surface area contributed by atoms with Gasteiger partial charge in [0.1, 0.15) is 0 Å². The summed E-state index contributed by atoms with van der Waals surface area (Å²) in [4.78, 5) is 0. The van der Waals surface area contributed by atoms with Crippen LogP contribution in [0.1, 0.15) is 63.6 Å². The van der Waals surface area contributed by atoms with Crippen LogP contribution < -0.4 is 0 Å². The lowest BCUT2D eigenvalue weighted by Crippen LogP contribution is -2.15. The van der Waals surface area contributed by atoms with Crippen molar-refractivity contribution in [2.45, 2.75) is 52.4 Å². The summed E-state index contributed by atoms with van der Waals surface area (Å²) in [6.45, 7) is 9.19. The molecule has 0 atom stereocenters. The summed E-state index contributed by atoms with van der Waals surface area (Å²) in [6, 6.07) is 15.9. The first-order valence-electron chi connectivity index (χ1n) is 8.53. The van der Waals surface area contributed by atoms with Gasteiger partial charge in [-0.1, -0.05) is 76.6 Å². The van der Waals surface area contributed by atoms with Crippen molar-refractivity contribution in [3.05, 3.63) is 65.2 Å². The third-order valence-corrected chi connectivity index (χ3v) is 4.92. The van der Waals surface area contributed by atoms with Crippen molar-refractivity contribution < 1.29 is 0 Å². The standard InChI is InChI=1S/C22H26/c1-5-9-16(10-6-2)17-13-14-19-18-11-7-8-12-20(18)22(3,4)21(19)15-17/h7-9,11-15H,5-6,10H2,1-4H3/b16-9+. The molecule has 1 aliphatic carbocycles. The van der Waals surface area contributed by atoms with E-state index < -0.39 is 0 Å². The van der Waals surface area contributed by atoms with Gasteiger partial charge in [-0.3, -0.25) is 0 Å². The fraction of sp³-hybridized carbons (Fsp3) is 0.364. The zero-order chi connectivity index (χ0) is 15.7. The Morgan fingerprint density at radius 2 is 1.68 bits per heavy atom. The molecule has 0 saturated heterocycles. The van der Waals surface area contributed by atoms with E-state index in [2.05, 4.69) is 76.2 Å². The summed E-state index contributed by atoms with van der Waals surface area (Å²) < 4.78 is 0. The third-order valence-electron chi connectivity index (χ3n) is 4.92. The highest BCUT2D eigenvalue weighted by Crippen LogP contribution is 2.49. The summed E-state index contributed by atoms with van der Waals surface area (Å²) >= 11 is 0. The van der Waals surface area contributed by atoms with Crippen molar-refractivity contribution in [1.29, 1.82) is 0 Å². The Balaban J connectivity index is 2.13. The number of allylic oxidation sites excluding steroid dienone is 2. The maximum absolute atomic E-state index is 2.44. The Hall–Kier alpha value is -1.82. The first-order valence-corrected chi connectivity index (χ1v) is 8.53. The molecular weight excluding hydrogens is 264 g/mol. The van der Waals surface area contributed by atoms with Gasteiger partial charge in [0.2, 0.25) is 0 Å². The van der Waals surface area contributed by atoms with Crippen LogP contribution in [0.5, 0.6) is 0 Å². The fourth-order valence-electron chi connectivity index (χ4n) is 3.78. The molecule has 0 nitrogen and oxygen atoms in total. The van der Waals surface area contributed by atoms with E-state index in [-0.39, 0.29) is 5.41 Å². The van der Waals surface area contributed by atoms with Crippen LogP contribution in [-0.2, 0) is 5.41 Å². The lowest BCUT2D eigenvalue weighted by molar-refractivity contribution is 0.660. The Morgan fingerprint density at radius 3 is 2.41 bits per heavy atom. The molecule has 0 spiro atoms. The number of fused-ring (bicyclic) bond motifs is 3. The molecule has 0 aromatic heterocycles. The number of benzene rings is 2. The van der Waals surface area contributed by atoms with Crippen LogP contribution in [0.15, 0.2) is 48.5 Å². The monoisotopic (exact) mass is 290 g/mol. The molecule has 2 aromatic carbocycles. The highest BCUT2D eigenvalue weighted by Gasteiger charge is 2.35. The van der Waals surface area contributed by atoms with Crippen molar-refractivity contribution in [3.63, 3.8) is 0 Å². The Labute approximate surface area is 134 Å². The zero-order valence-electron chi connectivity index (χ0n) is 14.2. The van der Waals surface area contributed by atoms with Crippen LogP contribution in [0.3, 0.4) is 0 Å². The molecule has 0 unspecified atom stereocenters. The first-order chi connectivity index (χ1) is 10.6. The predicted octanol–water partition coefficient (Wildman–Crippen LogP) is 6.59. The van der Waals surface area contributed by atoms with Gasteiger partial charge < -0.3 is 0 Å². The molecule has 3 rings (SSSR count). The van der Waals surface area contributed by atoms with Gasteiger partial charge in [-0.15, -0.1) is 0 Å². The lowest BCUT2D eigenvalue weighted by atomic mass is 9.81. The quantitative estimate of drug-likeness (QED) is 0.596. The predicted molar refractivity (Wildman–Crippen MR) is 97.2 cm³/mol. The van der Waals surface area contributed by atoms with Crippen molar-refractivity contribution in [3.8, 4) is 11.1 Å². The van der Waals surface area contributed by atoms with Gasteiger partial charge in [-0.2, -0.15) is 0 Å². The third kappa shape index (κ3) is 2.31. The molecule has 0 heterocycles. The molecule has 2 aromatic rings. The van der Waals surface area contributed by atoms with Gasteiger partial charge in [-0.25, -0.2) is 0 Å². The van der Waals surface area contributed by atoms with E-state index in [0.717, 1.165) is 6.42 Å². The van der Waals surface area contributed by atoms with Gasteiger partial charge >= 0.3 is 0 Å². The van der Waals surface area contributed by atoms with Crippen molar-refractivity contribution >= 4 is 5.57 Å². The minimum absolute atomic E-state index is 0.103. The molecule has 22 heavy (non-hydrogen) atoms. The van der Waals surface area contributed by atoms with Gasteiger partial charge in [-0.05, 0) is 52.3 Å². The van der Waals surface area contributed by atoms with Crippen LogP contribution >= 0.6 is 0 Å². The van der Waals surface area contributed by atoms with E-state index in [4.69, 9.17) is 0 Å². The molecule has 0 saturated carbocycles. The summed E-state index contributed by atoms with van der Waals surface area (Å²) in [7, 11) is 0.